The number of sulfonamides is 1. The molecule has 0 radical (unpaired) electrons. The molecule has 0 saturated carbocycles. The second-order valence-electron chi connectivity index (χ2n) is 6.24. The molecule has 2 N–H and O–H groups in total. The third kappa shape index (κ3) is 6.00. The predicted octanol–water partition coefficient (Wildman–Crippen LogP) is 5.18. The molecule has 0 aliphatic carbocycles. The summed E-state index contributed by atoms with van der Waals surface area (Å²) in [6.07, 6.45) is 0. The topological polar surface area (TPSA) is 75.3 Å². The zero-order chi connectivity index (χ0) is 20.9. The molecule has 0 aliphatic heterocycles. The van der Waals surface area contributed by atoms with Crippen molar-refractivity contribution in [1.29, 1.82) is 0 Å². The highest BCUT2D eigenvalue weighted by Crippen LogP contribution is 2.23. The number of thioether (sulfide) groups is 1. The first-order valence-electron chi connectivity index (χ1n) is 8.70. The summed E-state index contributed by atoms with van der Waals surface area (Å²) in [7, 11) is -3.76. The molecule has 0 heterocycles. The molecule has 0 unspecified atom stereocenters. The van der Waals surface area contributed by atoms with Crippen LogP contribution in [0.1, 0.15) is 5.56 Å². The molecule has 0 aliphatic rings. The molecule has 0 fully saturated rings. The molecule has 8 heteroatoms. The first-order chi connectivity index (χ1) is 13.8. The van der Waals surface area contributed by atoms with E-state index in [2.05, 4.69) is 10.0 Å². The van der Waals surface area contributed by atoms with Gasteiger partial charge in [-0.3, -0.25) is 9.52 Å². The Morgan fingerprint density at radius 1 is 0.966 bits per heavy atom. The van der Waals surface area contributed by atoms with Crippen molar-refractivity contribution in [1.82, 2.24) is 0 Å². The van der Waals surface area contributed by atoms with Gasteiger partial charge in [-0.1, -0.05) is 35.9 Å². The molecule has 3 aromatic carbocycles. The molecule has 0 spiro atoms. The highest BCUT2D eigenvalue weighted by atomic mass is 35.5. The summed E-state index contributed by atoms with van der Waals surface area (Å²) in [5.74, 6) is 0.0988. The van der Waals surface area contributed by atoms with Gasteiger partial charge in [0.1, 0.15) is 0 Å². The van der Waals surface area contributed by atoms with Crippen LogP contribution in [0, 0.1) is 6.92 Å². The smallest absolute Gasteiger partial charge is 0.261 e. The lowest BCUT2D eigenvalue weighted by molar-refractivity contribution is -0.113. The van der Waals surface area contributed by atoms with Gasteiger partial charge in [0.25, 0.3) is 10.0 Å². The minimum atomic E-state index is -3.76. The maximum Gasteiger partial charge on any atom is 0.261 e. The van der Waals surface area contributed by atoms with Gasteiger partial charge in [0.2, 0.25) is 5.91 Å². The molecular formula is C21H19ClN2O3S2. The van der Waals surface area contributed by atoms with E-state index >= 15 is 0 Å². The van der Waals surface area contributed by atoms with Crippen molar-refractivity contribution < 1.29 is 13.2 Å². The molecule has 5 nitrogen and oxygen atoms in total. The third-order valence-electron chi connectivity index (χ3n) is 3.99. The maximum atomic E-state index is 12.5. The van der Waals surface area contributed by atoms with E-state index in [-0.39, 0.29) is 16.6 Å². The fourth-order valence-electron chi connectivity index (χ4n) is 2.45. The van der Waals surface area contributed by atoms with E-state index in [4.69, 9.17) is 11.6 Å². The molecule has 29 heavy (non-hydrogen) atoms. The highest BCUT2D eigenvalue weighted by molar-refractivity contribution is 8.00. The normalized spacial score (nSPS) is 11.1. The number of amides is 1. The van der Waals surface area contributed by atoms with Crippen LogP contribution in [0.5, 0.6) is 0 Å². The Morgan fingerprint density at radius 3 is 2.28 bits per heavy atom. The largest absolute Gasteiger partial charge is 0.325 e. The van der Waals surface area contributed by atoms with Crippen molar-refractivity contribution in [3.05, 3.63) is 83.4 Å². The van der Waals surface area contributed by atoms with Crippen LogP contribution in [0.2, 0.25) is 5.02 Å². The van der Waals surface area contributed by atoms with Crippen molar-refractivity contribution >= 4 is 50.7 Å². The Bertz CT molecular complexity index is 1100. The molecule has 0 saturated heterocycles. The van der Waals surface area contributed by atoms with Crippen molar-refractivity contribution in [3.8, 4) is 0 Å². The quantitative estimate of drug-likeness (QED) is 0.490. The number of carbonyl (C=O) groups is 1. The van der Waals surface area contributed by atoms with Crippen LogP contribution in [0.25, 0.3) is 0 Å². The van der Waals surface area contributed by atoms with Gasteiger partial charge in [0, 0.05) is 15.6 Å². The van der Waals surface area contributed by atoms with Gasteiger partial charge in [-0.05, 0) is 61.0 Å². The average Bonchev–Trinajstić information content (AvgIpc) is 2.70. The minimum absolute atomic E-state index is 0.0888. The standard InChI is InChI=1S/C21H19ClN2O3S2/c1-15-7-8-17(13-20(15)22)24-29(26,27)19-11-9-16(10-12-19)23-21(25)14-28-18-5-3-2-4-6-18/h2-13,24H,14H2,1H3,(H,23,25). The lowest BCUT2D eigenvalue weighted by atomic mass is 10.2. The number of anilines is 2. The van der Waals surface area contributed by atoms with Crippen LogP contribution in [-0.2, 0) is 14.8 Å². The molecule has 3 rings (SSSR count). The fourth-order valence-corrected chi connectivity index (χ4v) is 4.40. The number of rotatable bonds is 7. The SMILES string of the molecule is Cc1ccc(NS(=O)(=O)c2ccc(NC(=O)CSc3ccccc3)cc2)cc1Cl. The third-order valence-corrected chi connectivity index (χ3v) is 6.80. The zero-order valence-electron chi connectivity index (χ0n) is 15.6. The van der Waals surface area contributed by atoms with Crippen LogP contribution in [-0.4, -0.2) is 20.1 Å². The predicted molar refractivity (Wildman–Crippen MR) is 119 cm³/mol. The summed E-state index contributed by atoms with van der Waals surface area (Å²) >= 11 is 7.48. The number of carbonyl (C=O) groups excluding carboxylic acids is 1. The Hall–Kier alpha value is -2.48. The van der Waals surface area contributed by atoms with E-state index < -0.39 is 10.0 Å². The molecule has 0 atom stereocenters. The number of halogens is 1. The average molecular weight is 447 g/mol. The van der Waals surface area contributed by atoms with Gasteiger partial charge >= 0.3 is 0 Å². The van der Waals surface area contributed by atoms with E-state index in [1.807, 2.05) is 37.3 Å². The number of hydrogen-bond acceptors (Lipinski definition) is 4. The number of aryl methyl sites for hydroxylation is 1. The second kappa shape index (κ2) is 9.35. The van der Waals surface area contributed by atoms with Crippen LogP contribution < -0.4 is 10.0 Å². The van der Waals surface area contributed by atoms with Gasteiger partial charge in [-0.25, -0.2) is 8.42 Å². The van der Waals surface area contributed by atoms with E-state index in [1.165, 1.54) is 23.9 Å². The van der Waals surface area contributed by atoms with E-state index in [1.54, 1.807) is 30.3 Å². The van der Waals surface area contributed by atoms with Gasteiger partial charge in [-0.15, -0.1) is 11.8 Å². The van der Waals surface area contributed by atoms with Crippen molar-refractivity contribution in [2.24, 2.45) is 0 Å². The van der Waals surface area contributed by atoms with Crippen molar-refractivity contribution in [2.75, 3.05) is 15.8 Å². The van der Waals surface area contributed by atoms with E-state index in [0.29, 0.717) is 16.4 Å². The second-order valence-corrected chi connectivity index (χ2v) is 9.38. The zero-order valence-corrected chi connectivity index (χ0v) is 17.9. The summed E-state index contributed by atoms with van der Waals surface area (Å²) in [4.78, 5) is 13.2. The summed E-state index contributed by atoms with van der Waals surface area (Å²) in [6, 6.07) is 20.6. The Morgan fingerprint density at radius 2 is 1.62 bits per heavy atom. The Balaban J connectivity index is 1.61. The lowest BCUT2D eigenvalue weighted by Crippen LogP contribution is -2.15. The molecule has 1 amide bonds. The minimum Gasteiger partial charge on any atom is -0.325 e. The first kappa shape index (κ1) is 21.2. The first-order valence-corrected chi connectivity index (χ1v) is 11.5. The molecular weight excluding hydrogens is 428 g/mol. The number of nitrogens with one attached hydrogen (secondary N) is 2. The van der Waals surface area contributed by atoms with Crippen LogP contribution in [0.4, 0.5) is 11.4 Å². The molecule has 0 bridgehead atoms. The summed E-state index contributed by atoms with van der Waals surface area (Å²) in [5.41, 5.74) is 1.78. The van der Waals surface area contributed by atoms with Crippen molar-refractivity contribution in [2.45, 2.75) is 16.7 Å². The van der Waals surface area contributed by atoms with Gasteiger partial charge < -0.3 is 5.32 Å². The van der Waals surface area contributed by atoms with Crippen LogP contribution in [0.3, 0.4) is 0 Å². The van der Waals surface area contributed by atoms with Gasteiger partial charge in [-0.2, -0.15) is 0 Å². The maximum absolute atomic E-state index is 12.5. The van der Waals surface area contributed by atoms with Crippen molar-refractivity contribution in [3.63, 3.8) is 0 Å². The monoisotopic (exact) mass is 446 g/mol. The van der Waals surface area contributed by atoms with E-state index in [9.17, 15) is 13.2 Å². The molecule has 0 aromatic heterocycles. The molecule has 150 valence electrons. The van der Waals surface area contributed by atoms with Crippen LogP contribution >= 0.6 is 23.4 Å². The number of benzene rings is 3. The van der Waals surface area contributed by atoms with Crippen LogP contribution in [0.15, 0.2) is 82.6 Å². The van der Waals surface area contributed by atoms with E-state index in [0.717, 1.165) is 10.5 Å². The summed E-state index contributed by atoms with van der Waals surface area (Å²) < 4.78 is 27.6. The summed E-state index contributed by atoms with van der Waals surface area (Å²) in [6.45, 7) is 1.84. The number of hydrogen-bond donors (Lipinski definition) is 2. The lowest BCUT2D eigenvalue weighted by Gasteiger charge is -2.10. The van der Waals surface area contributed by atoms with Gasteiger partial charge in [0.15, 0.2) is 0 Å². The Kier molecular flexibility index (Phi) is 6.84. The molecule has 3 aromatic rings. The Labute approximate surface area is 179 Å². The van der Waals surface area contributed by atoms with Gasteiger partial charge in [0.05, 0.1) is 16.3 Å². The summed E-state index contributed by atoms with van der Waals surface area (Å²) in [5, 5.41) is 3.24. The fraction of sp³-hybridized carbons (Fsp3) is 0.0952. The highest BCUT2D eigenvalue weighted by Gasteiger charge is 2.15.